The van der Waals surface area contributed by atoms with Gasteiger partial charge in [-0.05, 0) is 30.3 Å². The van der Waals surface area contributed by atoms with E-state index in [0.717, 1.165) is 30.3 Å². The van der Waals surface area contributed by atoms with Crippen molar-refractivity contribution in [3.63, 3.8) is 0 Å². The molecule has 2 aromatic carbocycles. The lowest BCUT2D eigenvalue weighted by atomic mass is 10.1. The minimum absolute atomic E-state index is 0.00496. The van der Waals surface area contributed by atoms with Gasteiger partial charge in [0, 0.05) is 31.7 Å². The van der Waals surface area contributed by atoms with Crippen molar-refractivity contribution in [2.24, 2.45) is 0 Å². The Labute approximate surface area is 167 Å². The normalized spacial score (nSPS) is 15.3. The van der Waals surface area contributed by atoms with Crippen LogP contribution >= 0.6 is 0 Å². The number of piperazine rings is 1. The Hall–Kier alpha value is -3.04. The standard InChI is InChI=1S/C20H16F6N2O2/c21-19(22,23)14-5-3-4-13(12-14)17(29)27-8-10-28(11-9-27)18(30)15-6-1-2-7-16(15)20(24,25)26/h1-7,12H,8-11H2. The molecule has 10 heteroatoms. The van der Waals surface area contributed by atoms with Gasteiger partial charge in [-0.25, -0.2) is 0 Å². The molecule has 0 spiro atoms. The summed E-state index contributed by atoms with van der Waals surface area (Å²) < 4.78 is 78.0. The lowest BCUT2D eigenvalue weighted by Crippen LogP contribution is -2.50. The van der Waals surface area contributed by atoms with E-state index in [9.17, 15) is 35.9 Å². The lowest BCUT2D eigenvalue weighted by molar-refractivity contribution is -0.138. The Morgan fingerprint density at radius 2 is 1.27 bits per heavy atom. The molecule has 0 unspecified atom stereocenters. The number of carbonyl (C=O) groups excluding carboxylic acids is 2. The van der Waals surface area contributed by atoms with Crippen LogP contribution in [0.3, 0.4) is 0 Å². The van der Waals surface area contributed by atoms with Crippen LogP contribution in [-0.2, 0) is 12.4 Å². The van der Waals surface area contributed by atoms with Crippen LogP contribution in [-0.4, -0.2) is 47.8 Å². The van der Waals surface area contributed by atoms with Gasteiger partial charge in [-0.2, -0.15) is 26.3 Å². The van der Waals surface area contributed by atoms with Gasteiger partial charge in [-0.1, -0.05) is 18.2 Å². The van der Waals surface area contributed by atoms with Crippen molar-refractivity contribution in [1.29, 1.82) is 0 Å². The van der Waals surface area contributed by atoms with Gasteiger partial charge in [0.1, 0.15) is 0 Å². The predicted octanol–water partition coefficient (Wildman–Crippen LogP) is 4.32. The Morgan fingerprint density at radius 1 is 0.700 bits per heavy atom. The summed E-state index contributed by atoms with van der Waals surface area (Å²) in [7, 11) is 0. The topological polar surface area (TPSA) is 40.6 Å². The zero-order valence-corrected chi connectivity index (χ0v) is 15.4. The van der Waals surface area contributed by atoms with E-state index in [4.69, 9.17) is 0 Å². The van der Waals surface area contributed by atoms with Crippen molar-refractivity contribution < 1.29 is 35.9 Å². The zero-order valence-electron chi connectivity index (χ0n) is 15.4. The first kappa shape index (κ1) is 21.7. The third kappa shape index (κ3) is 4.58. The van der Waals surface area contributed by atoms with Crippen molar-refractivity contribution in [3.8, 4) is 0 Å². The molecule has 0 atom stereocenters. The second kappa shape index (κ2) is 8.00. The molecular formula is C20H16F6N2O2. The monoisotopic (exact) mass is 430 g/mol. The van der Waals surface area contributed by atoms with Gasteiger partial charge in [-0.3, -0.25) is 9.59 Å². The summed E-state index contributed by atoms with van der Waals surface area (Å²) in [6, 6.07) is 8.41. The van der Waals surface area contributed by atoms with Crippen LogP contribution in [0.4, 0.5) is 26.3 Å². The number of carbonyl (C=O) groups is 2. The van der Waals surface area contributed by atoms with E-state index in [2.05, 4.69) is 0 Å². The maximum Gasteiger partial charge on any atom is 0.417 e. The summed E-state index contributed by atoms with van der Waals surface area (Å²) in [4.78, 5) is 27.6. The minimum Gasteiger partial charge on any atom is -0.335 e. The molecule has 1 fully saturated rings. The molecule has 4 nitrogen and oxygen atoms in total. The Morgan fingerprint density at radius 3 is 1.83 bits per heavy atom. The summed E-state index contributed by atoms with van der Waals surface area (Å²) in [5.74, 6) is -1.45. The highest BCUT2D eigenvalue weighted by molar-refractivity contribution is 5.97. The van der Waals surface area contributed by atoms with Crippen molar-refractivity contribution in [1.82, 2.24) is 9.80 Å². The molecule has 30 heavy (non-hydrogen) atoms. The van der Waals surface area contributed by atoms with Crippen LogP contribution in [0.2, 0.25) is 0 Å². The molecule has 0 bridgehead atoms. The number of benzene rings is 2. The molecule has 0 aliphatic carbocycles. The fourth-order valence-electron chi connectivity index (χ4n) is 3.21. The van der Waals surface area contributed by atoms with Crippen LogP contribution in [0, 0.1) is 0 Å². The summed E-state index contributed by atoms with van der Waals surface area (Å²) in [5, 5.41) is 0. The first-order chi connectivity index (χ1) is 14.0. The maximum atomic E-state index is 13.1. The second-order valence-electron chi connectivity index (χ2n) is 6.71. The average Bonchev–Trinajstić information content (AvgIpc) is 2.71. The fourth-order valence-corrected chi connectivity index (χ4v) is 3.21. The second-order valence-corrected chi connectivity index (χ2v) is 6.71. The van der Waals surface area contributed by atoms with E-state index in [1.165, 1.54) is 28.0 Å². The first-order valence-corrected chi connectivity index (χ1v) is 8.90. The number of rotatable bonds is 2. The number of halogens is 6. The fraction of sp³-hybridized carbons (Fsp3) is 0.300. The largest absolute Gasteiger partial charge is 0.417 e. The van der Waals surface area contributed by atoms with Gasteiger partial charge in [0.2, 0.25) is 0 Å². The van der Waals surface area contributed by atoms with Gasteiger partial charge in [0.25, 0.3) is 11.8 Å². The predicted molar refractivity (Wildman–Crippen MR) is 94.7 cm³/mol. The molecule has 3 rings (SSSR count). The van der Waals surface area contributed by atoms with Crippen LogP contribution in [0.5, 0.6) is 0 Å². The first-order valence-electron chi connectivity index (χ1n) is 8.90. The molecule has 160 valence electrons. The van der Waals surface area contributed by atoms with Crippen molar-refractivity contribution >= 4 is 11.8 Å². The molecule has 1 aliphatic rings. The molecular weight excluding hydrogens is 414 g/mol. The van der Waals surface area contributed by atoms with Gasteiger partial charge in [-0.15, -0.1) is 0 Å². The van der Waals surface area contributed by atoms with Crippen LogP contribution in [0.25, 0.3) is 0 Å². The third-order valence-electron chi connectivity index (χ3n) is 4.75. The molecule has 0 N–H and O–H groups in total. The number of hydrogen-bond acceptors (Lipinski definition) is 2. The minimum atomic E-state index is -4.69. The summed E-state index contributed by atoms with van der Waals surface area (Å²) in [6.07, 6.45) is -9.28. The van der Waals surface area contributed by atoms with Gasteiger partial charge >= 0.3 is 12.4 Å². The maximum absolute atomic E-state index is 13.1. The molecule has 0 aromatic heterocycles. The van der Waals surface area contributed by atoms with E-state index >= 15 is 0 Å². The quantitative estimate of drug-likeness (QED) is 0.666. The molecule has 1 heterocycles. The van der Waals surface area contributed by atoms with Gasteiger partial charge < -0.3 is 9.80 Å². The van der Waals surface area contributed by atoms with Gasteiger partial charge in [0.15, 0.2) is 0 Å². The highest BCUT2D eigenvalue weighted by Gasteiger charge is 2.37. The van der Waals surface area contributed by atoms with Crippen LogP contribution < -0.4 is 0 Å². The SMILES string of the molecule is O=C(c1cccc(C(F)(F)F)c1)N1CCN(C(=O)c2ccccc2C(F)(F)F)CC1. The Bertz CT molecular complexity index is 947. The molecule has 2 amide bonds. The van der Waals surface area contributed by atoms with Crippen molar-refractivity contribution in [2.75, 3.05) is 26.2 Å². The zero-order chi connectivity index (χ0) is 22.1. The number of nitrogens with zero attached hydrogens (tertiary/aromatic N) is 2. The highest BCUT2D eigenvalue weighted by atomic mass is 19.4. The van der Waals surface area contributed by atoms with E-state index in [1.807, 2.05) is 0 Å². The Balaban J connectivity index is 1.70. The summed E-state index contributed by atoms with van der Waals surface area (Å²) in [6.45, 7) is -0.0739. The number of amides is 2. The Kier molecular flexibility index (Phi) is 5.78. The van der Waals surface area contributed by atoms with E-state index in [0.29, 0.717) is 0 Å². The number of hydrogen-bond donors (Lipinski definition) is 0. The van der Waals surface area contributed by atoms with Gasteiger partial charge in [0.05, 0.1) is 16.7 Å². The number of alkyl halides is 6. The third-order valence-corrected chi connectivity index (χ3v) is 4.75. The summed E-state index contributed by atoms with van der Waals surface area (Å²) >= 11 is 0. The van der Waals surface area contributed by atoms with E-state index in [-0.39, 0.29) is 31.7 Å². The lowest BCUT2D eigenvalue weighted by Gasteiger charge is -2.35. The molecule has 0 saturated carbocycles. The summed E-state index contributed by atoms with van der Waals surface area (Å²) in [5.41, 5.74) is -2.63. The smallest absolute Gasteiger partial charge is 0.335 e. The molecule has 2 aromatic rings. The van der Waals surface area contributed by atoms with E-state index < -0.39 is 40.9 Å². The molecule has 1 aliphatic heterocycles. The molecule has 0 radical (unpaired) electrons. The van der Waals surface area contributed by atoms with Crippen molar-refractivity contribution in [3.05, 3.63) is 70.8 Å². The average molecular weight is 430 g/mol. The van der Waals surface area contributed by atoms with Crippen LogP contribution in [0.1, 0.15) is 31.8 Å². The van der Waals surface area contributed by atoms with E-state index in [1.54, 1.807) is 0 Å². The van der Waals surface area contributed by atoms with Crippen molar-refractivity contribution in [2.45, 2.75) is 12.4 Å². The highest BCUT2D eigenvalue weighted by Crippen LogP contribution is 2.33. The van der Waals surface area contributed by atoms with Crippen LogP contribution in [0.15, 0.2) is 48.5 Å². The molecule has 1 saturated heterocycles.